The average molecular weight is 264 g/mol. The van der Waals surface area contributed by atoms with Crippen LogP contribution in [-0.4, -0.2) is 44.3 Å². The van der Waals surface area contributed by atoms with Crippen LogP contribution in [0.2, 0.25) is 0 Å². The van der Waals surface area contributed by atoms with E-state index in [1.807, 2.05) is 11.8 Å². The van der Waals surface area contributed by atoms with Crippen LogP contribution < -0.4 is 10.6 Å². The number of hydrogen-bond acceptors (Lipinski definition) is 6. The summed E-state index contributed by atoms with van der Waals surface area (Å²) in [5.74, 6) is 2.33. The van der Waals surface area contributed by atoms with Crippen molar-refractivity contribution < 1.29 is 0 Å². The third-order valence-electron chi connectivity index (χ3n) is 3.20. The number of nitrogens with one attached hydrogen (secondary N) is 1. The first kappa shape index (κ1) is 11.6. The molecule has 0 bridgehead atoms. The highest BCUT2D eigenvalue weighted by molar-refractivity contribution is 8.00. The Morgan fingerprint density at radius 2 is 2.44 bits per heavy atom. The summed E-state index contributed by atoms with van der Waals surface area (Å²) in [4.78, 5) is 10.8. The zero-order valence-corrected chi connectivity index (χ0v) is 11.1. The van der Waals surface area contributed by atoms with Gasteiger partial charge in [-0.05, 0) is 6.42 Å². The van der Waals surface area contributed by atoms with Gasteiger partial charge in [0.2, 0.25) is 5.95 Å². The van der Waals surface area contributed by atoms with Crippen LogP contribution in [0.15, 0.2) is 6.20 Å². The summed E-state index contributed by atoms with van der Waals surface area (Å²) in [6.45, 7) is 4.23. The first-order valence-electron chi connectivity index (χ1n) is 6.11. The van der Waals surface area contributed by atoms with Crippen molar-refractivity contribution in [3.05, 3.63) is 6.20 Å². The summed E-state index contributed by atoms with van der Waals surface area (Å²) < 4.78 is 0. The number of H-pyrrole nitrogens is 1. The number of aromatic amines is 1. The predicted octanol–water partition coefficient (Wildman–Crippen LogP) is 1.27. The summed E-state index contributed by atoms with van der Waals surface area (Å²) >= 11 is 2.03. The first-order valence-corrected chi connectivity index (χ1v) is 7.16. The SMILES string of the molecule is CCC1CN(c2nc(N)nc3[nH]ncc23)CCS1. The van der Waals surface area contributed by atoms with Gasteiger partial charge in [-0.25, -0.2) is 0 Å². The lowest BCUT2D eigenvalue weighted by atomic mass is 10.2. The zero-order chi connectivity index (χ0) is 12.5. The molecule has 0 spiro atoms. The second kappa shape index (κ2) is 4.64. The molecule has 1 fully saturated rings. The Kier molecular flexibility index (Phi) is 2.99. The lowest BCUT2D eigenvalue weighted by Gasteiger charge is -2.33. The topological polar surface area (TPSA) is 83.7 Å². The van der Waals surface area contributed by atoms with Crippen LogP contribution in [0.4, 0.5) is 11.8 Å². The quantitative estimate of drug-likeness (QED) is 0.849. The monoisotopic (exact) mass is 264 g/mol. The van der Waals surface area contributed by atoms with Crippen molar-refractivity contribution in [1.29, 1.82) is 0 Å². The molecule has 3 rings (SSSR count). The Morgan fingerprint density at radius 3 is 3.28 bits per heavy atom. The molecule has 0 aliphatic carbocycles. The molecule has 6 nitrogen and oxygen atoms in total. The molecule has 0 saturated carbocycles. The molecule has 0 aromatic carbocycles. The number of rotatable bonds is 2. The average Bonchev–Trinajstić information content (AvgIpc) is 2.85. The molecule has 96 valence electrons. The van der Waals surface area contributed by atoms with Crippen molar-refractivity contribution in [3.8, 4) is 0 Å². The number of aromatic nitrogens is 4. The van der Waals surface area contributed by atoms with E-state index in [1.165, 1.54) is 6.42 Å². The largest absolute Gasteiger partial charge is 0.368 e. The van der Waals surface area contributed by atoms with Crippen LogP contribution >= 0.6 is 11.8 Å². The maximum absolute atomic E-state index is 5.76. The van der Waals surface area contributed by atoms with Gasteiger partial charge in [-0.2, -0.15) is 26.8 Å². The van der Waals surface area contributed by atoms with Gasteiger partial charge in [0.05, 0.1) is 11.6 Å². The number of fused-ring (bicyclic) bond motifs is 1. The Labute approximate surface area is 109 Å². The van der Waals surface area contributed by atoms with E-state index < -0.39 is 0 Å². The summed E-state index contributed by atoms with van der Waals surface area (Å²) in [5.41, 5.74) is 6.47. The first-order chi connectivity index (χ1) is 8.78. The molecule has 1 aliphatic rings. The lowest BCUT2D eigenvalue weighted by molar-refractivity contribution is 0.722. The number of nitrogens with two attached hydrogens (primary N) is 1. The minimum absolute atomic E-state index is 0.299. The van der Waals surface area contributed by atoms with E-state index in [0.29, 0.717) is 16.8 Å². The van der Waals surface area contributed by atoms with Crippen LogP contribution in [-0.2, 0) is 0 Å². The predicted molar refractivity (Wildman–Crippen MR) is 74.8 cm³/mol. The minimum Gasteiger partial charge on any atom is -0.368 e. The van der Waals surface area contributed by atoms with Gasteiger partial charge in [0.1, 0.15) is 5.82 Å². The van der Waals surface area contributed by atoms with Crippen LogP contribution in [0.25, 0.3) is 11.0 Å². The van der Waals surface area contributed by atoms with E-state index in [-0.39, 0.29) is 0 Å². The third-order valence-corrected chi connectivity index (χ3v) is 4.57. The van der Waals surface area contributed by atoms with Crippen LogP contribution in [0.5, 0.6) is 0 Å². The number of thioether (sulfide) groups is 1. The van der Waals surface area contributed by atoms with Gasteiger partial charge >= 0.3 is 0 Å². The fourth-order valence-electron chi connectivity index (χ4n) is 2.24. The Bertz CT molecular complexity index is 553. The fourth-order valence-corrected chi connectivity index (χ4v) is 3.42. The molecular formula is C11H16N6S. The van der Waals surface area contributed by atoms with Crippen molar-refractivity contribution in [3.63, 3.8) is 0 Å². The van der Waals surface area contributed by atoms with E-state index in [4.69, 9.17) is 5.73 Å². The molecule has 3 N–H and O–H groups in total. The molecule has 2 aromatic rings. The number of hydrogen-bond donors (Lipinski definition) is 2. The summed E-state index contributed by atoms with van der Waals surface area (Å²) in [7, 11) is 0. The summed E-state index contributed by atoms with van der Waals surface area (Å²) in [6.07, 6.45) is 2.95. The Hall–Kier alpha value is -1.50. The molecule has 1 saturated heterocycles. The standard InChI is InChI=1S/C11H16N6S/c1-2-7-6-17(3-4-18-7)10-8-5-13-16-9(8)14-11(12)15-10/h5,7H,2-4,6H2,1H3,(H3,12,13,14,15,16). The van der Waals surface area contributed by atoms with Crippen molar-refractivity contribution in [2.24, 2.45) is 0 Å². The van der Waals surface area contributed by atoms with Crippen LogP contribution in [0.3, 0.4) is 0 Å². The molecule has 3 heterocycles. The van der Waals surface area contributed by atoms with Gasteiger partial charge in [-0.3, -0.25) is 5.10 Å². The summed E-state index contributed by atoms with van der Waals surface area (Å²) in [5, 5.41) is 8.49. The van der Waals surface area contributed by atoms with Crippen LogP contribution in [0, 0.1) is 0 Å². The van der Waals surface area contributed by atoms with Gasteiger partial charge in [-0.15, -0.1) is 0 Å². The third kappa shape index (κ3) is 1.98. The normalized spacial score (nSPS) is 20.5. The number of anilines is 2. The summed E-state index contributed by atoms with van der Waals surface area (Å²) in [6, 6.07) is 0. The van der Waals surface area contributed by atoms with Gasteiger partial charge in [0.15, 0.2) is 5.65 Å². The number of nitrogen functional groups attached to an aromatic ring is 1. The van der Waals surface area contributed by atoms with E-state index in [9.17, 15) is 0 Å². The van der Waals surface area contributed by atoms with E-state index >= 15 is 0 Å². The Morgan fingerprint density at radius 1 is 1.56 bits per heavy atom. The van der Waals surface area contributed by atoms with Crippen molar-refractivity contribution in [2.45, 2.75) is 18.6 Å². The molecule has 1 atom stereocenters. The molecule has 7 heteroatoms. The maximum atomic E-state index is 5.76. The van der Waals surface area contributed by atoms with Gasteiger partial charge in [0.25, 0.3) is 0 Å². The minimum atomic E-state index is 0.299. The molecule has 2 aromatic heterocycles. The fraction of sp³-hybridized carbons (Fsp3) is 0.545. The molecular weight excluding hydrogens is 248 g/mol. The van der Waals surface area contributed by atoms with Gasteiger partial charge in [-0.1, -0.05) is 6.92 Å². The highest BCUT2D eigenvalue weighted by atomic mass is 32.2. The van der Waals surface area contributed by atoms with Crippen molar-refractivity contribution in [1.82, 2.24) is 20.2 Å². The molecule has 18 heavy (non-hydrogen) atoms. The van der Waals surface area contributed by atoms with Crippen molar-refractivity contribution in [2.75, 3.05) is 29.5 Å². The van der Waals surface area contributed by atoms with Gasteiger partial charge < -0.3 is 10.6 Å². The second-order valence-corrected chi connectivity index (χ2v) is 5.79. The molecule has 0 amide bonds. The number of nitrogens with zero attached hydrogens (tertiary/aromatic N) is 4. The van der Waals surface area contributed by atoms with Crippen molar-refractivity contribution >= 4 is 34.6 Å². The smallest absolute Gasteiger partial charge is 0.224 e. The molecule has 1 unspecified atom stereocenters. The Balaban J connectivity index is 2.00. The molecule has 0 radical (unpaired) electrons. The second-order valence-electron chi connectivity index (χ2n) is 4.38. The van der Waals surface area contributed by atoms with Crippen LogP contribution in [0.1, 0.15) is 13.3 Å². The molecule has 1 aliphatic heterocycles. The lowest BCUT2D eigenvalue weighted by Crippen LogP contribution is -2.38. The van der Waals surface area contributed by atoms with E-state index in [0.717, 1.165) is 30.0 Å². The van der Waals surface area contributed by atoms with E-state index in [2.05, 4.69) is 32.0 Å². The van der Waals surface area contributed by atoms with Gasteiger partial charge in [0, 0.05) is 24.1 Å². The van der Waals surface area contributed by atoms with E-state index in [1.54, 1.807) is 6.20 Å². The zero-order valence-electron chi connectivity index (χ0n) is 10.3. The maximum Gasteiger partial charge on any atom is 0.224 e. The highest BCUT2D eigenvalue weighted by Gasteiger charge is 2.22. The highest BCUT2D eigenvalue weighted by Crippen LogP contribution is 2.28.